The Labute approximate surface area is 218 Å². The Morgan fingerprint density at radius 3 is 2.26 bits per heavy atom. The molecule has 0 aliphatic carbocycles. The van der Waals surface area contributed by atoms with E-state index in [-0.39, 0.29) is 28.2 Å². The van der Waals surface area contributed by atoms with Crippen molar-refractivity contribution in [3.8, 4) is 0 Å². The number of hydrogen-bond acceptors (Lipinski definition) is 4. The summed E-state index contributed by atoms with van der Waals surface area (Å²) in [4.78, 5) is 28.3. The summed E-state index contributed by atoms with van der Waals surface area (Å²) in [5.74, 6) is -0.848. The van der Waals surface area contributed by atoms with Crippen molar-refractivity contribution >= 4 is 50.7 Å². The standard InChI is InChI=1S/C25H33Cl2N3O4S/c1-7-21(24(32)28-25(3,4)5)29(15-18-11-9-8-10-17(18)2)23(31)16-30(35(6,33)34)22-14-19(26)12-13-20(22)27/h8-14,21H,7,15-16H2,1-6H3,(H,28,32). The SMILES string of the molecule is CCC(C(=O)NC(C)(C)C)N(Cc1ccccc1C)C(=O)CN(c1cc(Cl)ccc1Cl)S(C)(=O)=O. The molecule has 1 unspecified atom stereocenters. The van der Waals surface area contributed by atoms with Crippen LogP contribution in [0.1, 0.15) is 45.2 Å². The average molecular weight is 543 g/mol. The number of halogens is 2. The monoisotopic (exact) mass is 541 g/mol. The van der Waals surface area contributed by atoms with Crippen LogP contribution in [0.3, 0.4) is 0 Å². The van der Waals surface area contributed by atoms with Crippen molar-refractivity contribution in [3.63, 3.8) is 0 Å². The van der Waals surface area contributed by atoms with E-state index in [1.165, 1.54) is 23.1 Å². The summed E-state index contributed by atoms with van der Waals surface area (Å²) < 4.78 is 26.3. The van der Waals surface area contributed by atoms with Gasteiger partial charge in [-0.15, -0.1) is 0 Å². The molecule has 2 rings (SSSR count). The van der Waals surface area contributed by atoms with E-state index in [4.69, 9.17) is 23.2 Å². The molecule has 0 aliphatic heterocycles. The van der Waals surface area contributed by atoms with Gasteiger partial charge in [0, 0.05) is 17.1 Å². The normalized spacial score (nSPS) is 12.7. The molecule has 10 heteroatoms. The van der Waals surface area contributed by atoms with Crippen molar-refractivity contribution < 1.29 is 18.0 Å². The van der Waals surface area contributed by atoms with Gasteiger partial charge in [-0.2, -0.15) is 0 Å². The highest BCUT2D eigenvalue weighted by Crippen LogP contribution is 2.31. The molecule has 2 aromatic carbocycles. The minimum absolute atomic E-state index is 0.0954. The Balaban J connectivity index is 2.52. The molecule has 192 valence electrons. The first kappa shape index (κ1) is 28.9. The molecule has 0 saturated carbocycles. The van der Waals surface area contributed by atoms with E-state index in [0.717, 1.165) is 21.7 Å². The lowest BCUT2D eigenvalue weighted by Gasteiger charge is -2.35. The Morgan fingerprint density at radius 2 is 1.71 bits per heavy atom. The molecule has 2 aromatic rings. The van der Waals surface area contributed by atoms with Gasteiger partial charge in [0.2, 0.25) is 21.8 Å². The molecule has 0 bridgehead atoms. The van der Waals surface area contributed by atoms with Gasteiger partial charge in [-0.3, -0.25) is 13.9 Å². The molecule has 1 atom stereocenters. The number of hydrogen-bond donors (Lipinski definition) is 1. The first-order valence-corrected chi connectivity index (χ1v) is 13.8. The molecule has 1 N–H and O–H groups in total. The quantitative estimate of drug-likeness (QED) is 0.494. The van der Waals surface area contributed by atoms with Crippen LogP contribution in [0, 0.1) is 6.92 Å². The number of anilines is 1. The van der Waals surface area contributed by atoms with Crippen molar-refractivity contribution in [1.29, 1.82) is 0 Å². The third kappa shape index (κ3) is 8.12. The molecule has 2 amide bonds. The average Bonchev–Trinajstić information content (AvgIpc) is 2.73. The minimum atomic E-state index is -3.91. The van der Waals surface area contributed by atoms with Crippen molar-refractivity contribution in [2.24, 2.45) is 0 Å². The van der Waals surface area contributed by atoms with Gasteiger partial charge in [0.1, 0.15) is 12.6 Å². The Bertz CT molecular complexity index is 1180. The van der Waals surface area contributed by atoms with Crippen LogP contribution >= 0.6 is 23.2 Å². The highest BCUT2D eigenvalue weighted by molar-refractivity contribution is 7.92. The summed E-state index contributed by atoms with van der Waals surface area (Å²) in [6.07, 6.45) is 1.34. The predicted molar refractivity (Wildman–Crippen MR) is 142 cm³/mol. The summed E-state index contributed by atoms with van der Waals surface area (Å²) in [7, 11) is -3.91. The molecule has 0 aromatic heterocycles. The summed E-state index contributed by atoms with van der Waals surface area (Å²) in [6, 6.07) is 11.1. The van der Waals surface area contributed by atoms with Crippen molar-refractivity contribution in [1.82, 2.24) is 10.2 Å². The van der Waals surface area contributed by atoms with Gasteiger partial charge >= 0.3 is 0 Å². The van der Waals surface area contributed by atoms with Crippen LogP contribution in [-0.2, 0) is 26.2 Å². The van der Waals surface area contributed by atoms with Gasteiger partial charge in [-0.05, 0) is 63.4 Å². The molecule has 0 radical (unpaired) electrons. The molecular weight excluding hydrogens is 509 g/mol. The number of amides is 2. The number of nitrogens with one attached hydrogen (secondary N) is 1. The highest BCUT2D eigenvalue weighted by Gasteiger charge is 2.33. The van der Waals surface area contributed by atoms with Crippen LogP contribution in [0.15, 0.2) is 42.5 Å². The van der Waals surface area contributed by atoms with Gasteiger partial charge < -0.3 is 10.2 Å². The van der Waals surface area contributed by atoms with Crippen LogP contribution in [0.25, 0.3) is 0 Å². The van der Waals surface area contributed by atoms with Crippen LogP contribution in [-0.4, -0.2) is 49.5 Å². The van der Waals surface area contributed by atoms with Crippen LogP contribution in [0.5, 0.6) is 0 Å². The van der Waals surface area contributed by atoms with E-state index in [0.29, 0.717) is 6.42 Å². The van der Waals surface area contributed by atoms with Gasteiger partial charge in [-0.1, -0.05) is 54.4 Å². The number of benzene rings is 2. The number of sulfonamides is 1. The topological polar surface area (TPSA) is 86.8 Å². The molecule has 0 spiro atoms. The van der Waals surface area contributed by atoms with Crippen LogP contribution < -0.4 is 9.62 Å². The largest absolute Gasteiger partial charge is 0.350 e. The van der Waals surface area contributed by atoms with E-state index < -0.39 is 34.1 Å². The van der Waals surface area contributed by atoms with E-state index in [1.54, 1.807) is 0 Å². The molecular formula is C25H33Cl2N3O4S. The lowest BCUT2D eigenvalue weighted by Crippen LogP contribution is -2.55. The first-order valence-electron chi connectivity index (χ1n) is 11.2. The van der Waals surface area contributed by atoms with E-state index >= 15 is 0 Å². The number of nitrogens with zero attached hydrogens (tertiary/aromatic N) is 2. The fourth-order valence-corrected chi connectivity index (χ4v) is 4.90. The van der Waals surface area contributed by atoms with E-state index in [2.05, 4.69) is 5.32 Å². The first-order chi connectivity index (χ1) is 16.1. The Morgan fingerprint density at radius 1 is 1.09 bits per heavy atom. The second kappa shape index (κ2) is 11.6. The molecule has 7 nitrogen and oxygen atoms in total. The number of carbonyl (C=O) groups excluding carboxylic acids is 2. The maximum absolute atomic E-state index is 13.7. The zero-order valence-corrected chi connectivity index (χ0v) is 23.3. The third-order valence-electron chi connectivity index (χ3n) is 5.34. The lowest BCUT2D eigenvalue weighted by atomic mass is 10.0. The van der Waals surface area contributed by atoms with Gasteiger partial charge in [0.15, 0.2) is 0 Å². The van der Waals surface area contributed by atoms with Crippen molar-refractivity contribution in [2.75, 3.05) is 17.1 Å². The van der Waals surface area contributed by atoms with Gasteiger partial charge in [0.25, 0.3) is 0 Å². The Kier molecular flexibility index (Phi) is 9.62. The zero-order valence-electron chi connectivity index (χ0n) is 20.9. The second-order valence-corrected chi connectivity index (χ2v) is 12.2. The second-order valence-electron chi connectivity index (χ2n) is 9.48. The van der Waals surface area contributed by atoms with Crippen molar-refractivity contribution in [2.45, 2.75) is 59.2 Å². The van der Waals surface area contributed by atoms with Crippen molar-refractivity contribution in [3.05, 3.63) is 63.6 Å². The Hall–Kier alpha value is -2.29. The molecule has 35 heavy (non-hydrogen) atoms. The fourth-order valence-electron chi connectivity index (χ4n) is 3.62. The highest BCUT2D eigenvalue weighted by atomic mass is 35.5. The summed E-state index contributed by atoms with van der Waals surface area (Å²) >= 11 is 12.4. The smallest absolute Gasteiger partial charge is 0.244 e. The zero-order chi connectivity index (χ0) is 26.6. The van der Waals surface area contributed by atoms with Gasteiger partial charge in [-0.25, -0.2) is 8.42 Å². The number of rotatable bonds is 9. The fraction of sp³-hybridized carbons (Fsp3) is 0.440. The molecule has 0 saturated heterocycles. The van der Waals surface area contributed by atoms with Crippen LogP contribution in [0.4, 0.5) is 5.69 Å². The maximum Gasteiger partial charge on any atom is 0.244 e. The minimum Gasteiger partial charge on any atom is -0.350 e. The molecule has 0 heterocycles. The van der Waals surface area contributed by atoms with E-state index in [1.807, 2.05) is 58.9 Å². The maximum atomic E-state index is 13.7. The summed E-state index contributed by atoms with van der Waals surface area (Å²) in [6.45, 7) is 8.91. The number of carbonyl (C=O) groups is 2. The molecule has 0 fully saturated rings. The number of aryl methyl sites for hydroxylation is 1. The summed E-state index contributed by atoms with van der Waals surface area (Å²) in [5, 5.41) is 3.35. The van der Waals surface area contributed by atoms with Gasteiger partial charge in [0.05, 0.1) is 17.0 Å². The van der Waals surface area contributed by atoms with E-state index in [9.17, 15) is 18.0 Å². The third-order valence-corrected chi connectivity index (χ3v) is 7.02. The van der Waals surface area contributed by atoms with Crippen LogP contribution in [0.2, 0.25) is 10.0 Å². The lowest BCUT2D eigenvalue weighted by molar-refractivity contribution is -0.141. The summed E-state index contributed by atoms with van der Waals surface area (Å²) in [5.41, 5.74) is 1.40. The molecule has 0 aliphatic rings. The predicted octanol–water partition coefficient (Wildman–Crippen LogP) is 4.79.